The van der Waals surface area contributed by atoms with Gasteiger partial charge in [0, 0.05) is 25.2 Å². The Labute approximate surface area is 183 Å². The maximum Gasteiger partial charge on any atom is 0.259 e. The first-order valence-electron chi connectivity index (χ1n) is 11.0. The van der Waals surface area contributed by atoms with Crippen molar-refractivity contribution in [3.8, 4) is 0 Å². The SMILES string of the molecule is NCc1cccc(C2CCN(C(=O)c3cc(CCc4ccccc4)c[n+]([O-])c3)CC2)c1. The van der Waals surface area contributed by atoms with Crippen LogP contribution in [0.15, 0.2) is 73.1 Å². The topological polar surface area (TPSA) is 73.3 Å². The first-order chi connectivity index (χ1) is 15.1. The maximum absolute atomic E-state index is 13.1. The summed E-state index contributed by atoms with van der Waals surface area (Å²) in [5.74, 6) is 0.387. The number of hydrogen-bond acceptors (Lipinski definition) is 3. The molecule has 1 fully saturated rings. The van der Waals surface area contributed by atoms with Crippen molar-refractivity contribution < 1.29 is 9.52 Å². The highest BCUT2D eigenvalue weighted by molar-refractivity contribution is 5.94. The van der Waals surface area contributed by atoms with E-state index in [1.165, 1.54) is 17.3 Å². The molecule has 0 saturated carbocycles. The highest BCUT2D eigenvalue weighted by Crippen LogP contribution is 2.29. The van der Waals surface area contributed by atoms with E-state index < -0.39 is 0 Å². The molecule has 1 amide bonds. The molecule has 0 atom stereocenters. The van der Waals surface area contributed by atoms with Crippen LogP contribution in [0.1, 0.15) is 51.4 Å². The molecule has 0 unspecified atom stereocenters. The second kappa shape index (κ2) is 9.75. The summed E-state index contributed by atoms with van der Waals surface area (Å²) in [6.45, 7) is 1.94. The van der Waals surface area contributed by atoms with E-state index >= 15 is 0 Å². The smallest absolute Gasteiger partial charge is 0.259 e. The summed E-state index contributed by atoms with van der Waals surface area (Å²) in [4.78, 5) is 15.0. The van der Waals surface area contributed by atoms with Crippen LogP contribution < -0.4 is 10.5 Å². The summed E-state index contributed by atoms with van der Waals surface area (Å²) < 4.78 is 0.763. The molecule has 0 radical (unpaired) electrons. The second-order valence-corrected chi connectivity index (χ2v) is 8.29. The van der Waals surface area contributed by atoms with Crippen molar-refractivity contribution in [1.29, 1.82) is 0 Å². The van der Waals surface area contributed by atoms with Gasteiger partial charge in [-0.05, 0) is 54.4 Å². The Morgan fingerprint density at radius 3 is 2.39 bits per heavy atom. The van der Waals surface area contributed by atoms with Crippen LogP contribution in [-0.2, 0) is 19.4 Å². The zero-order valence-corrected chi connectivity index (χ0v) is 17.7. The molecule has 2 heterocycles. The van der Waals surface area contributed by atoms with E-state index in [4.69, 9.17) is 5.73 Å². The number of nitrogens with two attached hydrogens (primary N) is 1. The fraction of sp³-hybridized carbons (Fsp3) is 0.308. The first kappa shape index (κ1) is 21.1. The standard InChI is InChI=1S/C26H29N3O2/c27-17-21-7-4-8-24(15-21)23-11-13-28(14-12-23)26(30)25-16-22(18-29(31)19-25)10-9-20-5-2-1-3-6-20/h1-8,15-16,18-19,23H,9-14,17,27H2. The van der Waals surface area contributed by atoms with Crippen LogP contribution >= 0.6 is 0 Å². The van der Waals surface area contributed by atoms with Crippen molar-refractivity contribution in [3.63, 3.8) is 0 Å². The Kier molecular flexibility index (Phi) is 6.63. The third-order valence-electron chi connectivity index (χ3n) is 6.13. The van der Waals surface area contributed by atoms with E-state index in [0.717, 1.165) is 41.5 Å². The van der Waals surface area contributed by atoms with Crippen molar-refractivity contribution >= 4 is 5.91 Å². The molecule has 3 aromatic rings. The van der Waals surface area contributed by atoms with E-state index in [-0.39, 0.29) is 5.91 Å². The van der Waals surface area contributed by atoms with Gasteiger partial charge >= 0.3 is 0 Å². The number of carbonyl (C=O) groups is 1. The minimum Gasteiger partial charge on any atom is -0.619 e. The van der Waals surface area contributed by atoms with Gasteiger partial charge in [0.1, 0.15) is 5.56 Å². The van der Waals surface area contributed by atoms with Crippen LogP contribution in [0.5, 0.6) is 0 Å². The molecule has 0 bridgehead atoms. The number of piperidine rings is 1. The van der Waals surface area contributed by atoms with Crippen LogP contribution in [-0.4, -0.2) is 23.9 Å². The molecule has 4 rings (SSSR count). The summed E-state index contributed by atoms with van der Waals surface area (Å²) in [5, 5.41) is 12.1. The van der Waals surface area contributed by atoms with Crippen LogP contribution in [0, 0.1) is 5.21 Å². The Morgan fingerprint density at radius 2 is 1.65 bits per heavy atom. The van der Waals surface area contributed by atoms with E-state index in [2.05, 4.69) is 30.3 Å². The first-order valence-corrected chi connectivity index (χ1v) is 11.0. The largest absolute Gasteiger partial charge is 0.619 e. The van der Waals surface area contributed by atoms with Crippen molar-refractivity contribution in [1.82, 2.24) is 4.90 Å². The average Bonchev–Trinajstić information content (AvgIpc) is 2.83. The number of pyridine rings is 1. The summed E-state index contributed by atoms with van der Waals surface area (Å²) >= 11 is 0. The third kappa shape index (κ3) is 5.30. The number of nitrogens with zero attached hydrogens (tertiary/aromatic N) is 2. The number of hydrogen-bond donors (Lipinski definition) is 1. The Morgan fingerprint density at radius 1 is 0.935 bits per heavy atom. The number of aryl methyl sites for hydroxylation is 2. The van der Waals surface area contributed by atoms with Crippen molar-refractivity contribution in [2.24, 2.45) is 5.73 Å². The lowest BCUT2D eigenvalue weighted by Gasteiger charge is -2.32. The molecule has 0 aliphatic carbocycles. The number of rotatable bonds is 6. The number of amides is 1. The molecule has 0 spiro atoms. The fourth-order valence-electron chi connectivity index (χ4n) is 4.37. The predicted octanol–water partition coefficient (Wildman–Crippen LogP) is 3.58. The van der Waals surface area contributed by atoms with Gasteiger partial charge in [0.25, 0.3) is 5.91 Å². The number of carbonyl (C=O) groups excluding carboxylic acids is 1. The van der Waals surface area contributed by atoms with Gasteiger partial charge in [0.05, 0.1) is 0 Å². The maximum atomic E-state index is 13.1. The van der Waals surface area contributed by atoms with Gasteiger partial charge < -0.3 is 15.8 Å². The molecule has 31 heavy (non-hydrogen) atoms. The van der Waals surface area contributed by atoms with E-state index in [1.807, 2.05) is 35.2 Å². The normalized spacial score (nSPS) is 14.5. The van der Waals surface area contributed by atoms with Crippen LogP contribution in [0.25, 0.3) is 0 Å². The van der Waals surface area contributed by atoms with Gasteiger partial charge in [-0.3, -0.25) is 4.79 Å². The summed E-state index contributed by atoms with van der Waals surface area (Å²) in [6, 6.07) is 20.5. The molecule has 160 valence electrons. The molecule has 1 aromatic heterocycles. The van der Waals surface area contributed by atoms with Gasteiger partial charge in [-0.1, -0.05) is 54.6 Å². The summed E-state index contributed by atoms with van der Waals surface area (Å²) in [7, 11) is 0. The Balaban J connectivity index is 1.39. The molecule has 5 heteroatoms. The molecule has 1 aliphatic rings. The van der Waals surface area contributed by atoms with E-state index in [1.54, 1.807) is 6.20 Å². The van der Waals surface area contributed by atoms with Crippen molar-refractivity contribution in [2.75, 3.05) is 13.1 Å². The Hall–Kier alpha value is -3.18. The van der Waals surface area contributed by atoms with Crippen molar-refractivity contribution in [2.45, 2.75) is 38.1 Å². The summed E-state index contributed by atoms with van der Waals surface area (Å²) in [5.41, 5.74) is 10.8. The lowest BCUT2D eigenvalue weighted by Crippen LogP contribution is -2.39. The predicted molar refractivity (Wildman–Crippen MR) is 121 cm³/mol. The average molecular weight is 416 g/mol. The van der Waals surface area contributed by atoms with Gasteiger partial charge in [0.15, 0.2) is 12.4 Å². The minimum absolute atomic E-state index is 0.0553. The highest BCUT2D eigenvalue weighted by atomic mass is 16.5. The van der Waals surface area contributed by atoms with Crippen LogP contribution in [0.2, 0.25) is 0 Å². The van der Waals surface area contributed by atoms with Gasteiger partial charge in [-0.25, -0.2) is 0 Å². The highest BCUT2D eigenvalue weighted by Gasteiger charge is 2.26. The van der Waals surface area contributed by atoms with Crippen molar-refractivity contribution in [3.05, 3.63) is 106 Å². The monoisotopic (exact) mass is 415 g/mol. The lowest BCUT2D eigenvalue weighted by atomic mass is 9.88. The van der Waals surface area contributed by atoms with E-state index in [9.17, 15) is 10.0 Å². The van der Waals surface area contributed by atoms with Crippen LogP contribution in [0.4, 0.5) is 0 Å². The molecule has 5 nitrogen and oxygen atoms in total. The summed E-state index contributed by atoms with van der Waals surface area (Å²) in [6.07, 6.45) is 6.37. The lowest BCUT2D eigenvalue weighted by molar-refractivity contribution is -0.606. The van der Waals surface area contributed by atoms with E-state index in [0.29, 0.717) is 31.1 Å². The molecule has 1 saturated heterocycles. The second-order valence-electron chi connectivity index (χ2n) is 8.29. The van der Waals surface area contributed by atoms with Gasteiger partial charge in [-0.15, -0.1) is 0 Å². The zero-order chi connectivity index (χ0) is 21.6. The number of benzene rings is 2. The zero-order valence-electron chi connectivity index (χ0n) is 17.7. The molecule has 2 N–H and O–H groups in total. The number of likely N-dealkylation sites (tertiary alicyclic amines) is 1. The van der Waals surface area contributed by atoms with Crippen LogP contribution in [0.3, 0.4) is 0 Å². The third-order valence-corrected chi connectivity index (χ3v) is 6.13. The van der Waals surface area contributed by atoms with Gasteiger partial charge in [-0.2, -0.15) is 4.73 Å². The molecular weight excluding hydrogens is 386 g/mol. The molecular formula is C26H29N3O2. The van der Waals surface area contributed by atoms with Gasteiger partial charge in [0.2, 0.25) is 0 Å². The quantitative estimate of drug-likeness (QED) is 0.494. The minimum atomic E-state index is -0.0553. The molecule has 2 aromatic carbocycles. The number of aromatic nitrogens is 1. The molecule has 1 aliphatic heterocycles. The fourth-order valence-corrected chi connectivity index (χ4v) is 4.37. The Bertz CT molecular complexity index is 1030.